The summed E-state index contributed by atoms with van der Waals surface area (Å²) in [6, 6.07) is 16.2. The van der Waals surface area contributed by atoms with Gasteiger partial charge in [0.25, 0.3) is 5.91 Å². The van der Waals surface area contributed by atoms with E-state index in [2.05, 4.69) is 15.7 Å². The Morgan fingerprint density at radius 3 is 1.70 bits per heavy atom. The number of carbonyl (C=O) groups excluding carboxylic acids is 1. The van der Waals surface area contributed by atoms with Crippen LogP contribution in [0.15, 0.2) is 60.7 Å². The van der Waals surface area contributed by atoms with Crippen molar-refractivity contribution in [3.05, 3.63) is 124 Å². The molecule has 0 aliphatic heterocycles. The summed E-state index contributed by atoms with van der Waals surface area (Å²) in [7, 11) is 0. The number of nitrogens with one attached hydrogen (secondary N) is 2. The molecule has 0 saturated carbocycles. The molecule has 43 heavy (non-hydrogen) atoms. The van der Waals surface area contributed by atoms with Crippen molar-refractivity contribution in [3.8, 4) is 0 Å². The average Bonchev–Trinajstić information content (AvgIpc) is 2.95. The van der Waals surface area contributed by atoms with E-state index in [1.165, 1.54) is 12.1 Å². The molecule has 224 valence electrons. The van der Waals surface area contributed by atoms with Gasteiger partial charge in [0, 0.05) is 21.2 Å². The van der Waals surface area contributed by atoms with Crippen LogP contribution in [0.3, 0.4) is 0 Å². The largest absolute Gasteiger partial charge is 0.478 e. The van der Waals surface area contributed by atoms with Crippen LogP contribution < -0.4 is 10.8 Å². The summed E-state index contributed by atoms with van der Waals surface area (Å²) in [6.07, 6.45) is 0.459. The number of benzene rings is 4. The highest BCUT2D eigenvalue weighted by Crippen LogP contribution is 2.32. The third-order valence-corrected chi connectivity index (χ3v) is 8.16. The molecule has 0 atom stereocenters. The second kappa shape index (κ2) is 14.8. The molecule has 1 amide bonds. The van der Waals surface area contributed by atoms with Crippen LogP contribution in [-0.4, -0.2) is 22.2 Å². The van der Waals surface area contributed by atoms with Gasteiger partial charge in [-0.2, -0.15) is 0 Å². The molecule has 4 N–H and O–H groups in total. The summed E-state index contributed by atoms with van der Waals surface area (Å²) in [6.45, 7) is -0.147. The minimum absolute atomic E-state index is 0.0126. The molecule has 0 unspecified atom stereocenters. The topological polar surface area (TPSA) is 117 Å². The molecular formula is C29H20Cl6N2O6. The van der Waals surface area contributed by atoms with Crippen LogP contribution in [0.2, 0.25) is 30.1 Å². The maximum Gasteiger partial charge on any atom is 0.338 e. The molecule has 0 radical (unpaired) electrons. The molecule has 0 fully saturated rings. The minimum Gasteiger partial charge on any atom is -0.478 e. The summed E-state index contributed by atoms with van der Waals surface area (Å²) in [5.74, 6) is -2.16. The van der Waals surface area contributed by atoms with Crippen molar-refractivity contribution in [2.75, 3.05) is 10.8 Å². The van der Waals surface area contributed by atoms with E-state index in [4.69, 9.17) is 79.7 Å². The average molecular weight is 705 g/mol. The Morgan fingerprint density at radius 1 is 0.651 bits per heavy atom. The van der Waals surface area contributed by atoms with E-state index < -0.39 is 17.4 Å². The van der Waals surface area contributed by atoms with Crippen molar-refractivity contribution in [1.29, 1.82) is 0 Å². The van der Waals surface area contributed by atoms with E-state index in [-0.39, 0.29) is 39.5 Å². The Bertz CT molecular complexity index is 1700. The summed E-state index contributed by atoms with van der Waals surface area (Å²) >= 11 is 37.4. The van der Waals surface area contributed by atoms with Gasteiger partial charge in [-0.15, -0.1) is 0 Å². The van der Waals surface area contributed by atoms with Crippen LogP contribution in [0.25, 0.3) is 0 Å². The third-order valence-electron chi connectivity index (χ3n) is 6.19. The fraction of sp³-hybridized carbons (Fsp3) is 0.103. The van der Waals surface area contributed by atoms with Gasteiger partial charge in [-0.1, -0.05) is 81.7 Å². The van der Waals surface area contributed by atoms with E-state index in [1.54, 1.807) is 42.5 Å². The van der Waals surface area contributed by atoms with Gasteiger partial charge in [0.2, 0.25) is 0 Å². The molecule has 4 aromatic rings. The fourth-order valence-electron chi connectivity index (χ4n) is 4.12. The number of rotatable bonds is 11. The van der Waals surface area contributed by atoms with Gasteiger partial charge < -0.3 is 10.4 Å². The minimum atomic E-state index is -1.39. The molecule has 0 aliphatic carbocycles. The van der Waals surface area contributed by atoms with E-state index in [0.29, 0.717) is 38.3 Å². The summed E-state index contributed by atoms with van der Waals surface area (Å²) < 4.78 is 0. The van der Waals surface area contributed by atoms with Crippen LogP contribution >= 0.6 is 69.6 Å². The number of halogens is 6. The third kappa shape index (κ3) is 8.05. The lowest BCUT2D eigenvalue weighted by molar-refractivity contribution is -0.253. The zero-order valence-electron chi connectivity index (χ0n) is 21.7. The Balaban J connectivity index is 1.41. The Hall–Kier alpha value is -2.76. The van der Waals surface area contributed by atoms with Crippen molar-refractivity contribution in [2.45, 2.75) is 19.6 Å². The van der Waals surface area contributed by atoms with Crippen LogP contribution in [0.1, 0.15) is 43.0 Å². The zero-order chi connectivity index (χ0) is 31.3. The standard InChI is InChI=1S/C29H20Cl6N2O6/c30-18-3-4-19(31)17(13-43-41)16(18)12-42-37-25-8-2-15(11-23(25)35)9-14-1-7-24(22(34)10-14)36-28(38)26-20(32)5-6-21(33)27(26)29(39)40/h1-8,10-11,37,41H,9,12-13H2,(H,36,38)(H,39,40). The number of aromatic carboxylic acids is 1. The maximum absolute atomic E-state index is 12.9. The van der Waals surface area contributed by atoms with Crippen LogP contribution in [0, 0.1) is 0 Å². The number of carboxylic acid groups (broad SMARTS) is 1. The number of amides is 1. The fourth-order valence-corrected chi connectivity index (χ4v) is 5.56. The van der Waals surface area contributed by atoms with Crippen molar-refractivity contribution < 1.29 is 29.7 Å². The quantitative estimate of drug-likeness (QED) is 0.0907. The van der Waals surface area contributed by atoms with E-state index in [1.807, 2.05) is 6.07 Å². The number of carbonyl (C=O) groups is 2. The van der Waals surface area contributed by atoms with Gasteiger partial charge in [-0.05, 0) is 66.1 Å². The first-order chi connectivity index (χ1) is 20.5. The molecule has 0 heterocycles. The van der Waals surface area contributed by atoms with Crippen LogP contribution in [0.5, 0.6) is 0 Å². The van der Waals surface area contributed by atoms with E-state index in [0.717, 1.165) is 11.1 Å². The van der Waals surface area contributed by atoms with Gasteiger partial charge in [0.05, 0.1) is 42.6 Å². The normalized spacial score (nSPS) is 11.0. The predicted octanol–water partition coefficient (Wildman–Crippen LogP) is 9.68. The first-order valence-corrected chi connectivity index (χ1v) is 14.5. The number of carboxylic acids is 1. The monoisotopic (exact) mass is 702 g/mol. The van der Waals surface area contributed by atoms with Gasteiger partial charge in [-0.25, -0.2) is 9.68 Å². The number of anilines is 2. The lowest BCUT2D eigenvalue weighted by Gasteiger charge is -2.15. The highest BCUT2D eigenvalue weighted by atomic mass is 35.5. The van der Waals surface area contributed by atoms with Gasteiger partial charge in [0.15, 0.2) is 0 Å². The molecule has 8 nitrogen and oxygen atoms in total. The van der Waals surface area contributed by atoms with Gasteiger partial charge in [-0.3, -0.25) is 20.4 Å². The van der Waals surface area contributed by atoms with E-state index >= 15 is 0 Å². The van der Waals surface area contributed by atoms with Crippen LogP contribution in [-0.2, 0) is 29.4 Å². The van der Waals surface area contributed by atoms with E-state index in [9.17, 15) is 14.7 Å². The first kappa shape index (κ1) is 33.1. The Kier molecular flexibility index (Phi) is 11.4. The van der Waals surface area contributed by atoms with Crippen molar-refractivity contribution >= 4 is 92.9 Å². The molecule has 0 aliphatic rings. The molecule has 0 bridgehead atoms. The van der Waals surface area contributed by atoms with Gasteiger partial charge in [0.1, 0.15) is 13.2 Å². The second-order valence-corrected chi connectivity index (χ2v) is 11.4. The maximum atomic E-state index is 12.9. The molecule has 0 aromatic heterocycles. The number of hydrogen-bond acceptors (Lipinski definition) is 6. The zero-order valence-corrected chi connectivity index (χ0v) is 26.2. The molecule has 0 spiro atoms. The van der Waals surface area contributed by atoms with Crippen molar-refractivity contribution in [2.24, 2.45) is 0 Å². The molecule has 4 aromatic carbocycles. The van der Waals surface area contributed by atoms with Gasteiger partial charge >= 0.3 is 5.97 Å². The summed E-state index contributed by atoms with van der Waals surface area (Å²) in [5, 5.41) is 22.1. The lowest BCUT2D eigenvalue weighted by atomic mass is 10.0. The second-order valence-electron chi connectivity index (χ2n) is 8.99. The number of hydrogen-bond donors (Lipinski definition) is 4. The smallest absolute Gasteiger partial charge is 0.338 e. The summed E-state index contributed by atoms with van der Waals surface area (Å²) in [5.41, 5.74) is 5.56. The summed E-state index contributed by atoms with van der Waals surface area (Å²) in [4.78, 5) is 34.4. The molecule has 0 saturated heterocycles. The van der Waals surface area contributed by atoms with Crippen molar-refractivity contribution in [3.63, 3.8) is 0 Å². The Morgan fingerprint density at radius 2 is 1.16 bits per heavy atom. The molecule has 4 rings (SSSR count). The highest BCUT2D eigenvalue weighted by Gasteiger charge is 2.24. The highest BCUT2D eigenvalue weighted by molar-refractivity contribution is 6.40. The lowest BCUT2D eigenvalue weighted by Crippen LogP contribution is -2.18. The molecular weight excluding hydrogens is 685 g/mol. The SMILES string of the molecule is O=C(O)c1c(Cl)ccc(Cl)c1C(=O)Nc1ccc(Cc2ccc(NOCc3c(Cl)ccc(Cl)c3COO)c(Cl)c2)cc1Cl. The molecule has 14 heteroatoms. The Labute approximate surface area is 275 Å². The predicted molar refractivity (Wildman–Crippen MR) is 169 cm³/mol. The van der Waals surface area contributed by atoms with Crippen LogP contribution in [0.4, 0.5) is 11.4 Å². The first-order valence-electron chi connectivity index (χ1n) is 12.2. The van der Waals surface area contributed by atoms with Crippen molar-refractivity contribution in [1.82, 2.24) is 0 Å².